The molecule has 0 aliphatic rings. The largest absolute Gasteiger partial charge is 0.493 e. The van der Waals surface area contributed by atoms with Gasteiger partial charge in [-0.2, -0.15) is 0 Å². The molecule has 0 fully saturated rings. The molecule has 2 aromatic heterocycles. The Morgan fingerprint density at radius 3 is 1.87 bits per heavy atom. The molecule has 0 saturated heterocycles. The van der Waals surface area contributed by atoms with E-state index in [4.69, 9.17) is 13.6 Å². The molecule has 0 atom stereocenters. The van der Waals surface area contributed by atoms with Crippen LogP contribution in [-0.4, -0.2) is 23.8 Å². The quantitative estimate of drug-likeness (QED) is 0.169. The first-order chi connectivity index (χ1) is 19.0. The van der Waals surface area contributed by atoms with Gasteiger partial charge in [-0.25, -0.2) is 0 Å². The standard InChI is InChI=1S/C33H24O6/c1-37-31-17-21(16-28-26-7-3-5-9-30(26)39-33(28)31)11-13-24(36)18-23(35)12-10-20-14-22(19-34)32-27(15-20)25-6-2-4-8-29(25)38-32/h2-17,34H,18-19H2,1H3/b12-10+,13-11+. The van der Waals surface area contributed by atoms with Gasteiger partial charge < -0.3 is 18.7 Å². The van der Waals surface area contributed by atoms with Crippen LogP contribution in [0.4, 0.5) is 0 Å². The Bertz CT molecular complexity index is 1810. The number of ketones is 2. The Morgan fingerprint density at radius 2 is 1.28 bits per heavy atom. The van der Waals surface area contributed by atoms with E-state index in [0.29, 0.717) is 22.5 Å². The maximum Gasteiger partial charge on any atom is 0.177 e. The van der Waals surface area contributed by atoms with Crippen LogP contribution in [0.15, 0.2) is 93.8 Å². The highest BCUT2D eigenvalue weighted by molar-refractivity contribution is 6.12. The molecule has 0 bridgehead atoms. The second kappa shape index (κ2) is 10.1. The van der Waals surface area contributed by atoms with Gasteiger partial charge >= 0.3 is 0 Å². The highest BCUT2D eigenvalue weighted by atomic mass is 16.5. The van der Waals surface area contributed by atoms with Crippen LogP contribution in [0.5, 0.6) is 5.75 Å². The summed E-state index contributed by atoms with van der Waals surface area (Å²) in [6.45, 7) is -0.194. The maximum absolute atomic E-state index is 12.6. The van der Waals surface area contributed by atoms with Gasteiger partial charge in [0.25, 0.3) is 0 Å². The molecule has 6 nitrogen and oxygen atoms in total. The van der Waals surface area contributed by atoms with E-state index in [1.165, 1.54) is 12.2 Å². The zero-order chi connectivity index (χ0) is 26.9. The molecule has 6 rings (SSSR count). The number of rotatable bonds is 8. The van der Waals surface area contributed by atoms with E-state index in [9.17, 15) is 14.7 Å². The first-order valence-electron chi connectivity index (χ1n) is 12.5. The van der Waals surface area contributed by atoms with E-state index in [1.807, 2.05) is 60.7 Å². The Morgan fingerprint density at radius 1 is 0.744 bits per heavy atom. The molecule has 0 radical (unpaired) electrons. The zero-order valence-electron chi connectivity index (χ0n) is 21.1. The predicted octanol–water partition coefficient (Wildman–Crippen LogP) is 7.24. The summed E-state index contributed by atoms with van der Waals surface area (Å²) >= 11 is 0. The number of ether oxygens (including phenoxy) is 1. The summed E-state index contributed by atoms with van der Waals surface area (Å²) in [5, 5.41) is 13.5. The monoisotopic (exact) mass is 516 g/mol. The number of fused-ring (bicyclic) bond motifs is 6. The number of benzene rings is 4. The Hall–Kier alpha value is -4.94. The van der Waals surface area contributed by atoms with E-state index in [0.717, 1.165) is 43.8 Å². The first-order valence-corrected chi connectivity index (χ1v) is 12.5. The lowest BCUT2D eigenvalue weighted by atomic mass is 10.0. The highest BCUT2D eigenvalue weighted by Crippen LogP contribution is 2.36. The number of carbonyl (C=O) groups excluding carboxylic acids is 2. The Labute approximate surface area is 223 Å². The number of hydrogen-bond donors (Lipinski definition) is 1. The van der Waals surface area contributed by atoms with Crippen molar-refractivity contribution in [2.24, 2.45) is 0 Å². The van der Waals surface area contributed by atoms with Crippen LogP contribution in [0.25, 0.3) is 56.0 Å². The molecule has 0 aliphatic heterocycles. The Kier molecular flexibility index (Phi) is 6.31. The van der Waals surface area contributed by atoms with Crippen molar-refractivity contribution in [2.45, 2.75) is 13.0 Å². The number of allylic oxidation sites excluding steroid dienone is 2. The lowest BCUT2D eigenvalue weighted by molar-refractivity contribution is -0.121. The van der Waals surface area contributed by atoms with Gasteiger partial charge in [-0.15, -0.1) is 0 Å². The fraction of sp³-hybridized carbons (Fsp3) is 0.0909. The lowest BCUT2D eigenvalue weighted by Crippen LogP contribution is -2.02. The fourth-order valence-corrected chi connectivity index (χ4v) is 4.87. The van der Waals surface area contributed by atoms with Gasteiger partial charge in [0.05, 0.1) is 20.1 Å². The van der Waals surface area contributed by atoms with Gasteiger partial charge in [0, 0.05) is 27.1 Å². The molecule has 0 aliphatic carbocycles. The maximum atomic E-state index is 12.6. The summed E-state index contributed by atoms with van der Waals surface area (Å²) in [7, 11) is 1.57. The summed E-state index contributed by atoms with van der Waals surface area (Å²) in [6, 6.07) is 22.8. The number of para-hydroxylation sites is 2. The molecule has 6 aromatic rings. The van der Waals surface area contributed by atoms with E-state index in [2.05, 4.69) is 0 Å². The van der Waals surface area contributed by atoms with Crippen molar-refractivity contribution in [2.75, 3.05) is 7.11 Å². The third-order valence-electron chi connectivity index (χ3n) is 6.71. The van der Waals surface area contributed by atoms with Crippen molar-refractivity contribution < 1.29 is 28.3 Å². The Balaban J connectivity index is 1.20. The number of aliphatic hydroxyl groups excluding tert-OH is 1. The molecule has 39 heavy (non-hydrogen) atoms. The first kappa shape index (κ1) is 24.4. The van der Waals surface area contributed by atoms with Crippen molar-refractivity contribution in [3.05, 3.63) is 102 Å². The van der Waals surface area contributed by atoms with Crippen LogP contribution < -0.4 is 4.74 Å². The van der Waals surface area contributed by atoms with Crippen LogP contribution in [0.2, 0.25) is 0 Å². The van der Waals surface area contributed by atoms with Crippen LogP contribution in [0, 0.1) is 0 Å². The number of aliphatic hydroxyl groups is 1. The van der Waals surface area contributed by atoms with Gasteiger partial charge in [-0.1, -0.05) is 48.6 Å². The molecule has 4 aromatic carbocycles. The topological polar surface area (TPSA) is 89.9 Å². The van der Waals surface area contributed by atoms with Crippen LogP contribution in [0.1, 0.15) is 23.1 Å². The average molecular weight is 517 g/mol. The van der Waals surface area contributed by atoms with Gasteiger partial charge in [0.2, 0.25) is 0 Å². The summed E-state index contributed by atoms with van der Waals surface area (Å²) in [4.78, 5) is 25.1. The third kappa shape index (κ3) is 4.62. The van der Waals surface area contributed by atoms with Crippen molar-refractivity contribution in [1.82, 2.24) is 0 Å². The van der Waals surface area contributed by atoms with Gasteiger partial charge in [0.1, 0.15) is 16.7 Å². The second-order valence-corrected chi connectivity index (χ2v) is 9.29. The van der Waals surface area contributed by atoms with E-state index >= 15 is 0 Å². The average Bonchev–Trinajstić information content (AvgIpc) is 3.52. The van der Waals surface area contributed by atoms with Crippen LogP contribution in [-0.2, 0) is 16.2 Å². The van der Waals surface area contributed by atoms with Crippen molar-refractivity contribution in [3.8, 4) is 5.75 Å². The number of furan rings is 2. The molecule has 1 N–H and O–H groups in total. The third-order valence-corrected chi connectivity index (χ3v) is 6.71. The SMILES string of the molecule is COc1cc(/C=C/C(=O)CC(=O)/C=C/c2cc(CO)c3oc4ccccc4c3c2)cc2c1oc1ccccc12. The summed E-state index contributed by atoms with van der Waals surface area (Å²) in [5.41, 5.74) is 4.89. The zero-order valence-corrected chi connectivity index (χ0v) is 21.1. The lowest BCUT2D eigenvalue weighted by Gasteiger charge is -2.03. The van der Waals surface area contributed by atoms with E-state index in [-0.39, 0.29) is 24.6 Å². The molecule has 192 valence electrons. The summed E-state index contributed by atoms with van der Waals surface area (Å²) in [5.74, 6) is -0.0614. The van der Waals surface area contributed by atoms with E-state index in [1.54, 1.807) is 31.4 Å². The van der Waals surface area contributed by atoms with E-state index < -0.39 is 0 Å². The summed E-state index contributed by atoms with van der Waals surface area (Å²) in [6.07, 6.45) is 5.87. The molecule has 0 amide bonds. The molecule has 0 unspecified atom stereocenters. The van der Waals surface area contributed by atoms with Gasteiger partial charge in [-0.3, -0.25) is 9.59 Å². The van der Waals surface area contributed by atoms with Gasteiger partial charge in [0.15, 0.2) is 22.9 Å². The van der Waals surface area contributed by atoms with Crippen molar-refractivity contribution >= 4 is 67.6 Å². The molecular formula is C33H24O6. The number of carbonyl (C=O) groups is 2. The molecule has 0 spiro atoms. The van der Waals surface area contributed by atoms with Gasteiger partial charge in [-0.05, 0) is 59.7 Å². The minimum absolute atomic E-state index is 0.194. The molecule has 0 saturated carbocycles. The van der Waals surface area contributed by atoms with Crippen LogP contribution in [0.3, 0.4) is 0 Å². The minimum Gasteiger partial charge on any atom is -0.493 e. The minimum atomic E-state index is -0.318. The highest BCUT2D eigenvalue weighted by Gasteiger charge is 2.14. The van der Waals surface area contributed by atoms with Crippen molar-refractivity contribution in [3.63, 3.8) is 0 Å². The molecular weight excluding hydrogens is 492 g/mol. The summed E-state index contributed by atoms with van der Waals surface area (Å²) < 4.78 is 17.4. The van der Waals surface area contributed by atoms with Crippen molar-refractivity contribution in [1.29, 1.82) is 0 Å². The number of methoxy groups -OCH3 is 1. The smallest absolute Gasteiger partial charge is 0.177 e. The molecule has 6 heteroatoms. The predicted molar refractivity (Wildman–Crippen MR) is 153 cm³/mol. The second-order valence-electron chi connectivity index (χ2n) is 9.29. The molecule has 2 heterocycles. The fourth-order valence-electron chi connectivity index (χ4n) is 4.87. The van der Waals surface area contributed by atoms with Crippen LogP contribution >= 0.6 is 0 Å². The normalized spacial score (nSPS) is 12.1. The number of hydrogen-bond acceptors (Lipinski definition) is 6.